The fourth-order valence-electron chi connectivity index (χ4n) is 0.960. The van der Waals surface area contributed by atoms with Gasteiger partial charge in [-0.2, -0.15) is 8.42 Å². The Morgan fingerprint density at radius 3 is 1.41 bits per heavy atom. The zero-order chi connectivity index (χ0) is 13.3. The van der Waals surface area contributed by atoms with Crippen molar-refractivity contribution in [3.8, 4) is 0 Å². The van der Waals surface area contributed by atoms with Gasteiger partial charge in [-0.15, -0.1) is 0 Å². The van der Waals surface area contributed by atoms with Crippen molar-refractivity contribution < 1.29 is 13.0 Å². The summed E-state index contributed by atoms with van der Waals surface area (Å²) in [6, 6.07) is 8.01. The van der Waals surface area contributed by atoms with Crippen LogP contribution < -0.4 is 17.2 Å². The highest BCUT2D eigenvalue weighted by atomic mass is 32.2. The van der Waals surface area contributed by atoms with Crippen LogP contribution in [0.5, 0.6) is 0 Å². The van der Waals surface area contributed by atoms with Crippen molar-refractivity contribution in [1.29, 1.82) is 0 Å². The number of hydrogen-bond acceptors (Lipinski definition) is 5. The molecule has 1 rings (SSSR count). The minimum absolute atomic E-state index is 0.0289. The van der Waals surface area contributed by atoms with Crippen LogP contribution >= 0.6 is 0 Å². The smallest absolute Gasteiger partial charge is 0.266 e. The van der Waals surface area contributed by atoms with E-state index in [1.165, 1.54) is 0 Å². The van der Waals surface area contributed by atoms with Gasteiger partial charge in [0.15, 0.2) is 0 Å². The average Bonchev–Trinajstić information content (AvgIpc) is 2.28. The zero-order valence-electron chi connectivity index (χ0n) is 9.54. The standard InChI is InChI=1S/C8H12N2.C2H7NO3S/c9-5-7-1-2-8(6-10)4-3-7;3-1-2-7(4,5)6/h1-4H,5-6,9-10H2;1-3H2,(H,4,5,6). The highest BCUT2D eigenvalue weighted by molar-refractivity contribution is 7.85. The van der Waals surface area contributed by atoms with Gasteiger partial charge in [-0.3, -0.25) is 4.55 Å². The third kappa shape index (κ3) is 8.78. The van der Waals surface area contributed by atoms with Crippen molar-refractivity contribution in [1.82, 2.24) is 0 Å². The van der Waals surface area contributed by atoms with Crippen LogP contribution in [0.3, 0.4) is 0 Å². The molecule has 17 heavy (non-hydrogen) atoms. The Morgan fingerprint density at radius 1 is 0.941 bits per heavy atom. The van der Waals surface area contributed by atoms with Gasteiger partial charge in [-0.05, 0) is 11.1 Å². The molecule has 0 aliphatic heterocycles. The van der Waals surface area contributed by atoms with E-state index in [1.54, 1.807) is 0 Å². The first-order valence-electron chi connectivity index (χ1n) is 5.06. The molecular formula is C10H19N3O3S. The first kappa shape index (κ1) is 16.0. The van der Waals surface area contributed by atoms with Gasteiger partial charge in [0.25, 0.3) is 10.1 Å². The lowest BCUT2D eigenvalue weighted by Gasteiger charge is -1.97. The predicted molar refractivity (Wildman–Crippen MR) is 67.7 cm³/mol. The molecule has 1 aromatic rings. The summed E-state index contributed by atoms with van der Waals surface area (Å²) in [5.41, 5.74) is 17.9. The summed E-state index contributed by atoms with van der Waals surface area (Å²) in [7, 11) is -3.80. The molecule has 98 valence electrons. The Morgan fingerprint density at radius 2 is 1.29 bits per heavy atom. The molecule has 0 bridgehead atoms. The van der Waals surface area contributed by atoms with Gasteiger partial charge in [-0.1, -0.05) is 24.3 Å². The molecular weight excluding hydrogens is 242 g/mol. The largest absolute Gasteiger partial charge is 0.329 e. The van der Waals surface area contributed by atoms with E-state index in [2.05, 4.69) is 0 Å². The van der Waals surface area contributed by atoms with Crippen LogP contribution in [0.4, 0.5) is 0 Å². The fourth-order valence-corrected chi connectivity index (χ4v) is 1.26. The first-order valence-corrected chi connectivity index (χ1v) is 6.67. The molecule has 6 nitrogen and oxygen atoms in total. The van der Waals surface area contributed by atoms with Gasteiger partial charge in [0.2, 0.25) is 0 Å². The second-order valence-electron chi connectivity index (χ2n) is 3.30. The van der Waals surface area contributed by atoms with Crippen LogP contribution in [0.1, 0.15) is 11.1 Å². The molecule has 0 aliphatic carbocycles. The van der Waals surface area contributed by atoms with E-state index in [-0.39, 0.29) is 12.3 Å². The average molecular weight is 261 g/mol. The maximum absolute atomic E-state index is 9.71. The maximum Gasteiger partial charge on any atom is 0.266 e. The summed E-state index contributed by atoms with van der Waals surface area (Å²) in [6.45, 7) is 1.18. The fraction of sp³-hybridized carbons (Fsp3) is 0.400. The SMILES string of the molecule is NCCS(=O)(=O)O.NCc1ccc(CN)cc1. The van der Waals surface area contributed by atoms with Crippen LogP contribution in [0.15, 0.2) is 24.3 Å². The Balaban J connectivity index is 0.000000325. The molecule has 0 saturated carbocycles. The lowest BCUT2D eigenvalue weighted by atomic mass is 10.1. The lowest BCUT2D eigenvalue weighted by Crippen LogP contribution is -2.13. The van der Waals surface area contributed by atoms with Crippen molar-refractivity contribution in [3.05, 3.63) is 35.4 Å². The van der Waals surface area contributed by atoms with Gasteiger partial charge in [0, 0.05) is 19.6 Å². The second kappa shape index (κ2) is 8.15. The van der Waals surface area contributed by atoms with Gasteiger partial charge in [0.05, 0.1) is 5.75 Å². The predicted octanol–water partition coefficient (Wildman–Crippen LogP) is -0.563. The number of benzene rings is 1. The second-order valence-corrected chi connectivity index (χ2v) is 4.87. The third-order valence-electron chi connectivity index (χ3n) is 1.87. The number of hydrogen-bond donors (Lipinski definition) is 4. The van der Waals surface area contributed by atoms with Crippen LogP contribution in [-0.4, -0.2) is 25.3 Å². The van der Waals surface area contributed by atoms with E-state index in [9.17, 15) is 8.42 Å². The third-order valence-corrected chi connectivity index (χ3v) is 2.62. The molecule has 0 saturated heterocycles. The Hall–Kier alpha value is -0.990. The van der Waals surface area contributed by atoms with E-state index in [0.29, 0.717) is 13.1 Å². The normalized spacial score (nSPS) is 10.6. The minimum atomic E-state index is -3.80. The molecule has 0 heterocycles. The first-order chi connectivity index (χ1) is 7.92. The van der Waals surface area contributed by atoms with E-state index < -0.39 is 10.1 Å². The summed E-state index contributed by atoms with van der Waals surface area (Å²) in [6.07, 6.45) is 0. The molecule has 0 radical (unpaired) electrons. The molecule has 0 unspecified atom stereocenters. The van der Waals surface area contributed by atoms with Crippen LogP contribution in [-0.2, 0) is 23.2 Å². The summed E-state index contributed by atoms with van der Waals surface area (Å²) < 4.78 is 27.3. The van der Waals surface area contributed by atoms with Crippen molar-refractivity contribution in [3.63, 3.8) is 0 Å². The zero-order valence-corrected chi connectivity index (χ0v) is 10.4. The van der Waals surface area contributed by atoms with E-state index in [0.717, 1.165) is 11.1 Å². The van der Waals surface area contributed by atoms with Gasteiger partial charge in [0.1, 0.15) is 0 Å². The van der Waals surface area contributed by atoms with Gasteiger partial charge < -0.3 is 17.2 Å². The van der Waals surface area contributed by atoms with Gasteiger partial charge >= 0.3 is 0 Å². The van der Waals surface area contributed by atoms with Gasteiger partial charge in [-0.25, -0.2) is 0 Å². The van der Waals surface area contributed by atoms with Crippen molar-refractivity contribution in [2.24, 2.45) is 17.2 Å². The lowest BCUT2D eigenvalue weighted by molar-refractivity contribution is 0.483. The summed E-state index contributed by atoms with van der Waals surface area (Å²) in [4.78, 5) is 0. The van der Waals surface area contributed by atoms with Crippen LogP contribution in [0.2, 0.25) is 0 Å². The molecule has 0 amide bonds. The summed E-state index contributed by atoms with van der Waals surface area (Å²) in [5, 5.41) is 0. The highest BCUT2D eigenvalue weighted by Gasteiger charge is 1.98. The van der Waals surface area contributed by atoms with Crippen molar-refractivity contribution >= 4 is 10.1 Å². The molecule has 1 aromatic carbocycles. The maximum atomic E-state index is 9.71. The quantitative estimate of drug-likeness (QED) is 0.537. The summed E-state index contributed by atoms with van der Waals surface area (Å²) in [5.74, 6) is -0.354. The molecule has 7 heteroatoms. The number of nitrogens with two attached hydrogens (primary N) is 3. The Labute approximate surface area is 102 Å². The Bertz CT molecular complexity index is 380. The molecule has 0 atom stereocenters. The molecule has 0 fully saturated rings. The van der Waals surface area contributed by atoms with Crippen LogP contribution in [0, 0.1) is 0 Å². The molecule has 7 N–H and O–H groups in total. The molecule has 0 spiro atoms. The van der Waals surface area contributed by atoms with Crippen LogP contribution in [0.25, 0.3) is 0 Å². The van der Waals surface area contributed by atoms with E-state index in [1.807, 2.05) is 24.3 Å². The topological polar surface area (TPSA) is 132 Å². The molecule has 0 aromatic heterocycles. The Kier molecular flexibility index (Phi) is 7.68. The van der Waals surface area contributed by atoms with Crippen molar-refractivity contribution in [2.45, 2.75) is 13.1 Å². The highest BCUT2D eigenvalue weighted by Crippen LogP contribution is 2.01. The van der Waals surface area contributed by atoms with E-state index in [4.69, 9.17) is 21.8 Å². The monoisotopic (exact) mass is 261 g/mol. The minimum Gasteiger partial charge on any atom is -0.329 e. The van der Waals surface area contributed by atoms with E-state index >= 15 is 0 Å². The molecule has 0 aliphatic rings. The van der Waals surface area contributed by atoms with Crippen molar-refractivity contribution in [2.75, 3.05) is 12.3 Å². The summed E-state index contributed by atoms with van der Waals surface area (Å²) >= 11 is 0. The number of rotatable bonds is 4.